The Kier molecular flexibility index (Phi) is 6.58. The topological polar surface area (TPSA) is 90.9 Å². The van der Waals surface area contributed by atoms with Crippen LogP contribution in [0.2, 0.25) is 0 Å². The molecule has 0 aliphatic carbocycles. The van der Waals surface area contributed by atoms with Crippen molar-refractivity contribution in [3.05, 3.63) is 0 Å². The lowest BCUT2D eigenvalue weighted by Crippen LogP contribution is -2.51. The summed E-state index contributed by atoms with van der Waals surface area (Å²) in [6, 6.07) is -0.0310. The molecule has 1 heterocycles. The van der Waals surface area contributed by atoms with Gasteiger partial charge < -0.3 is 25.4 Å². The zero-order chi connectivity index (χ0) is 14.3. The van der Waals surface area contributed by atoms with Crippen LogP contribution >= 0.6 is 0 Å². The molecule has 0 saturated carbocycles. The molecular weight excluding hydrogens is 250 g/mol. The summed E-state index contributed by atoms with van der Waals surface area (Å²) in [5.74, 6) is -0.586. The lowest BCUT2D eigenvalue weighted by molar-refractivity contribution is -0.142. The van der Waals surface area contributed by atoms with Crippen LogP contribution in [0.1, 0.15) is 13.3 Å². The third-order valence-corrected chi connectivity index (χ3v) is 3.18. The molecule has 7 nitrogen and oxygen atoms in total. The number of carbonyl (C=O) groups is 2. The lowest BCUT2D eigenvalue weighted by Gasteiger charge is -2.35. The molecule has 0 aromatic heterocycles. The summed E-state index contributed by atoms with van der Waals surface area (Å²) in [6.45, 7) is 4.25. The summed E-state index contributed by atoms with van der Waals surface area (Å²) in [4.78, 5) is 24.1. The van der Waals surface area contributed by atoms with Gasteiger partial charge in [-0.15, -0.1) is 0 Å². The van der Waals surface area contributed by atoms with Gasteiger partial charge in [0, 0.05) is 19.1 Å². The standard InChI is InChI=1S/C12H23N3O4/c1-9-7-15(2)5-3-10(9)14-12(18)13-4-6-19-8-11(16)17/h9-10H,3-8H2,1-2H3,(H,16,17)(H2,13,14,18). The Morgan fingerprint density at radius 2 is 2.21 bits per heavy atom. The fourth-order valence-corrected chi connectivity index (χ4v) is 2.18. The van der Waals surface area contributed by atoms with Crippen LogP contribution in [0.4, 0.5) is 4.79 Å². The van der Waals surface area contributed by atoms with Crippen LogP contribution in [0.15, 0.2) is 0 Å². The van der Waals surface area contributed by atoms with Crippen LogP contribution in [0.25, 0.3) is 0 Å². The summed E-state index contributed by atoms with van der Waals surface area (Å²) in [5, 5.41) is 14.0. The van der Waals surface area contributed by atoms with E-state index in [-0.39, 0.29) is 25.3 Å². The third kappa shape index (κ3) is 6.40. The van der Waals surface area contributed by atoms with E-state index in [0.717, 1.165) is 19.5 Å². The average molecular weight is 273 g/mol. The van der Waals surface area contributed by atoms with Crippen molar-refractivity contribution in [1.29, 1.82) is 0 Å². The van der Waals surface area contributed by atoms with Crippen molar-refractivity contribution in [3.8, 4) is 0 Å². The van der Waals surface area contributed by atoms with Crippen molar-refractivity contribution in [2.75, 3.05) is 39.9 Å². The first-order valence-corrected chi connectivity index (χ1v) is 6.51. The van der Waals surface area contributed by atoms with Gasteiger partial charge in [-0.3, -0.25) is 0 Å². The maximum absolute atomic E-state index is 11.6. The second-order valence-electron chi connectivity index (χ2n) is 4.98. The van der Waals surface area contributed by atoms with Gasteiger partial charge in [-0.2, -0.15) is 0 Å². The molecular formula is C12H23N3O4. The van der Waals surface area contributed by atoms with Crippen molar-refractivity contribution in [3.63, 3.8) is 0 Å². The molecule has 1 rings (SSSR count). The zero-order valence-corrected chi connectivity index (χ0v) is 11.5. The van der Waals surface area contributed by atoms with Crippen molar-refractivity contribution in [1.82, 2.24) is 15.5 Å². The highest BCUT2D eigenvalue weighted by Crippen LogP contribution is 2.14. The second kappa shape index (κ2) is 7.96. The molecule has 110 valence electrons. The lowest BCUT2D eigenvalue weighted by atomic mass is 9.94. The molecule has 2 atom stereocenters. The van der Waals surface area contributed by atoms with Gasteiger partial charge in [-0.25, -0.2) is 9.59 Å². The van der Waals surface area contributed by atoms with Crippen molar-refractivity contribution < 1.29 is 19.4 Å². The highest BCUT2D eigenvalue weighted by Gasteiger charge is 2.25. The van der Waals surface area contributed by atoms with Crippen molar-refractivity contribution in [2.45, 2.75) is 19.4 Å². The van der Waals surface area contributed by atoms with E-state index in [4.69, 9.17) is 9.84 Å². The fraction of sp³-hybridized carbons (Fsp3) is 0.833. The van der Waals surface area contributed by atoms with E-state index in [2.05, 4.69) is 29.5 Å². The van der Waals surface area contributed by atoms with E-state index in [1.165, 1.54) is 0 Å². The van der Waals surface area contributed by atoms with Crippen LogP contribution in [-0.2, 0) is 9.53 Å². The molecule has 0 aromatic carbocycles. The third-order valence-electron chi connectivity index (χ3n) is 3.18. The highest BCUT2D eigenvalue weighted by atomic mass is 16.5. The summed E-state index contributed by atoms with van der Waals surface area (Å²) in [5.41, 5.74) is 0. The number of likely N-dealkylation sites (tertiary alicyclic amines) is 1. The normalized spacial score (nSPS) is 23.9. The quantitative estimate of drug-likeness (QED) is 0.579. The van der Waals surface area contributed by atoms with Crippen LogP contribution in [0.3, 0.4) is 0 Å². The van der Waals surface area contributed by atoms with Crippen molar-refractivity contribution in [2.24, 2.45) is 5.92 Å². The molecule has 3 N–H and O–H groups in total. The number of aliphatic carboxylic acids is 1. The Balaban J connectivity index is 2.12. The molecule has 0 radical (unpaired) electrons. The van der Waals surface area contributed by atoms with E-state index in [0.29, 0.717) is 12.5 Å². The molecule has 0 aromatic rings. The van der Waals surface area contributed by atoms with Gasteiger partial charge in [0.2, 0.25) is 0 Å². The molecule has 0 bridgehead atoms. The molecule has 2 unspecified atom stereocenters. The molecule has 7 heteroatoms. The number of hydrogen-bond acceptors (Lipinski definition) is 4. The smallest absolute Gasteiger partial charge is 0.329 e. The van der Waals surface area contributed by atoms with Crippen molar-refractivity contribution >= 4 is 12.0 Å². The monoisotopic (exact) mass is 273 g/mol. The van der Waals surface area contributed by atoms with Gasteiger partial charge in [-0.1, -0.05) is 6.92 Å². The van der Waals surface area contributed by atoms with E-state index in [9.17, 15) is 9.59 Å². The number of ether oxygens (including phenoxy) is 1. The minimum Gasteiger partial charge on any atom is -0.480 e. The van der Waals surface area contributed by atoms with Gasteiger partial charge in [0.1, 0.15) is 6.61 Å². The van der Waals surface area contributed by atoms with Crippen LogP contribution in [0.5, 0.6) is 0 Å². The van der Waals surface area contributed by atoms with Gasteiger partial charge in [0.15, 0.2) is 0 Å². The summed E-state index contributed by atoms with van der Waals surface area (Å²) in [6.07, 6.45) is 0.945. The van der Waals surface area contributed by atoms with E-state index >= 15 is 0 Å². The maximum atomic E-state index is 11.6. The largest absolute Gasteiger partial charge is 0.480 e. The first kappa shape index (κ1) is 15.7. The summed E-state index contributed by atoms with van der Waals surface area (Å²) >= 11 is 0. The number of piperidine rings is 1. The number of carboxylic acid groups (broad SMARTS) is 1. The number of hydrogen-bond donors (Lipinski definition) is 3. The number of carbonyl (C=O) groups excluding carboxylic acids is 1. The number of urea groups is 1. The fourth-order valence-electron chi connectivity index (χ4n) is 2.18. The van der Waals surface area contributed by atoms with Gasteiger partial charge in [-0.05, 0) is 25.9 Å². The Hall–Kier alpha value is -1.34. The van der Waals surface area contributed by atoms with Crippen LogP contribution < -0.4 is 10.6 Å². The SMILES string of the molecule is CC1CN(C)CCC1NC(=O)NCCOCC(=O)O. The summed E-state index contributed by atoms with van der Waals surface area (Å²) < 4.78 is 4.82. The Bertz CT molecular complexity index is 311. The molecule has 1 aliphatic heterocycles. The highest BCUT2D eigenvalue weighted by molar-refractivity contribution is 5.74. The molecule has 0 spiro atoms. The molecule has 1 fully saturated rings. The number of nitrogens with zero attached hydrogens (tertiary/aromatic N) is 1. The maximum Gasteiger partial charge on any atom is 0.329 e. The molecule has 19 heavy (non-hydrogen) atoms. The van der Waals surface area contributed by atoms with Gasteiger partial charge in [0.05, 0.1) is 6.61 Å². The van der Waals surface area contributed by atoms with E-state index in [1.54, 1.807) is 0 Å². The predicted molar refractivity (Wildman–Crippen MR) is 70.1 cm³/mol. The number of nitrogens with one attached hydrogen (secondary N) is 2. The van der Waals surface area contributed by atoms with Gasteiger partial charge >= 0.3 is 12.0 Å². The zero-order valence-electron chi connectivity index (χ0n) is 11.5. The molecule has 1 saturated heterocycles. The average Bonchev–Trinajstić information content (AvgIpc) is 2.32. The Labute approximate surface area is 113 Å². The van der Waals surface area contributed by atoms with E-state index < -0.39 is 5.97 Å². The first-order chi connectivity index (χ1) is 8.99. The number of amides is 2. The number of rotatable bonds is 6. The van der Waals surface area contributed by atoms with E-state index in [1.807, 2.05) is 0 Å². The second-order valence-corrected chi connectivity index (χ2v) is 4.98. The van der Waals surface area contributed by atoms with Crippen LogP contribution in [0, 0.1) is 5.92 Å². The van der Waals surface area contributed by atoms with Gasteiger partial charge in [0.25, 0.3) is 0 Å². The molecule has 2 amide bonds. The Morgan fingerprint density at radius 1 is 1.47 bits per heavy atom. The predicted octanol–water partition coefficient (Wildman–Crippen LogP) is -0.273. The Morgan fingerprint density at radius 3 is 2.84 bits per heavy atom. The first-order valence-electron chi connectivity index (χ1n) is 6.51. The minimum absolute atomic E-state index is 0.191. The van der Waals surface area contributed by atoms with Crippen LogP contribution in [-0.4, -0.2) is 67.9 Å². The number of carboxylic acids is 1. The molecule has 1 aliphatic rings. The minimum atomic E-state index is -1.01. The summed E-state index contributed by atoms with van der Waals surface area (Å²) in [7, 11) is 2.08.